The van der Waals surface area contributed by atoms with Crippen molar-refractivity contribution in [2.24, 2.45) is 17.0 Å². The van der Waals surface area contributed by atoms with Crippen LogP contribution in [-0.4, -0.2) is 48.9 Å². The number of benzene rings is 2. The van der Waals surface area contributed by atoms with Crippen LogP contribution < -0.4 is 14.8 Å². The third kappa shape index (κ3) is 5.52. The number of piperidine rings is 1. The van der Waals surface area contributed by atoms with Crippen molar-refractivity contribution in [3.05, 3.63) is 58.4 Å². The monoisotopic (exact) mass is 534 g/mol. The summed E-state index contributed by atoms with van der Waals surface area (Å²) in [6, 6.07) is 7.80. The molecule has 9 nitrogen and oxygen atoms in total. The second-order valence-corrected chi connectivity index (χ2v) is 10.7. The summed E-state index contributed by atoms with van der Waals surface area (Å²) in [5, 5.41) is 11.3. The van der Waals surface area contributed by atoms with Gasteiger partial charge in [0.25, 0.3) is 0 Å². The van der Waals surface area contributed by atoms with Crippen molar-refractivity contribution in [1.29, 1.82) is 0 Å². The van der Waals surface area contributed by atoms with Crippen LogP contribution in [0.4, 0.5) is 10.1 Å². The summed E-state index contributed by atoms with van der Waals surface area (Å²) in [7, 11) is 0. The van der Waals surface area contributed by atoms with Gasteiger partial charge in [-0.15, -0.1) is 4.91 Å². The van der Waals surface area contributed by atoms with Gasteiger partial charge < -0.3 is 24.2 Å². The Bertz CT molecular complexity index is 1400. The van der Waals surface area contributed by atoms with Gasteiger partial charge in [-0.05, 0) is 80.1 Å². The molecule has 204 valence electrons. The van der Waals surface area contributed by atoms with E-state index in [4.69, 9.17) is 14.0 Å². The Kier molecular flexibility index (Phi) is 7.28. The van der Waals surface area contributed by atoms with Gasteiger partial charge >= 0.3 is 0 Å². The molecular weight excluding hydrogens is 503 g/mol. The third-order valence-corrected chi connectivity index (χ3v) is 8.32. The predicted molar refractivity (Wildman–Crippen MR) is 143 cm³/mol. The molecule has 3 aliphatic rings. The van der Waals surface area contributed by atoms with Crippen molar-refractivity contribution in [2.75, 3.05) is 33.0 Å². The van der Waals surface area contributed by atoms with E-state index in [2.05, 4.69) is 20.6 Å². The van der Waals surface area contributed by atoms with Crippen LogP contribution in [0.3, 0.4) is 0 Å². The second kappa shape index (κ2) is 11.1. The smallest absolute Gasteiger partial charge is 0.244 e. The van der Waals surface area contributed by atoms with Crippen molar-refractivity contribution in [3.8, 4) is 11.5 Å². The molecule has 0 bridgehead atoms. The number of carbonyl (C=O) groups excluding carboxylic acids is 1. The summed E-state index contributed by atoms with van der Waals surface area (Å²) in [4.78, 5) is 26.3. The number of aromatic nitrogens is 1. The summed E-state index contributed by atoms with van der Waals surface area (Å²) in [6.45, 7) is 3.73. The molecule has 3 heterocycles. The van der Waals surface area contributed by atoms with Gasteiger partial charge in [-0.3, -0.25) is 4.79 Å². The van der Waals surface area contributed by atoms with Crippen LogP contribution in [0.1, 0.15) is 49.3 Å². The molecule has 1 saturated carbocycles. The second-order valence-electron chi connectivity index (χ2n) is 10.7. The summed E-state index contributed by atoms with van der Waals surface area (Å²) in [6.07, 6.45) is 8.45. The molecule has 39 heavy (non-hydrogen) atoms. The van der Waals surface area contributed by atoms with E-state index in [0.29, 0.717) is 46.9 Å². The fourth-order valence-electron chi connectivity index (χ4n) is 6.18. The van der Waals surface area contributed by atoms with Crippen LogP contribution in [0.2, 0.25) is 0 Å². The minimum atomic E-state index is -0.313. The van der Waals surface area contributed by atoms with E-state index in [-0.39, 0.29) is 24.2 Å². The number of amides is 1. The molecular formula is C29H31FN4O5. The lowest BCUT2D eigenvalue weighted by Gasteiger charge is -2.34. The molecule has 2 fully saturated rings. The average Bonchev–Trinajstić information content (AvgIpc) is 3.70. The Morgan fingerprint density at radius 1 is 1.10 bits per heavy atom. The quantitative estimate of drug-likeness (QED) is 0.300. The number of hydrogen-bond acceptors (Lipinski definition) is 8. The van der Waals surface area contributed by atoms with Gasteiger partial charge in [-0.1, -0.05) is 11.6 Å². The van der Waals surface area contributed by atoms with E-state index in [9.17, 15) is 14.1 Å². The summed E-state index contributed by atoms with van der Waals surface area (Å²) in [5.74, 6) is 1.80. The molecule has 2 aliphatic heterocycles. The predicted octanol–water partition coefficient (Wildman–Crippen LogP) is 5.52. The van der Waals surface area contributed by atoms with E-state index in [1.807, 2.05) is 0 Å². The van der Waals surface area contributed by atoms with Gasteiger partial charge in [0.1, 0.15) is 11.5 Å². The Balaban J connectivity index is 0.991. The van der Waals surface area contributed by atoms with Crippen molar-refractivity contribution >= 4 is 28.6 Å². The first kappa shape index (κ1) is 25.5. The molecule has 10 heteroatoms. The molecule has 0 unspecified atom stereocenters. The van der Waals surface area contributed by atoms with Crippen LogP contribution in [0.5, 0.6) is 11.5 Å². The van der Waals surface area contributed by atoms with Gasteiger partial charge in [0.05, 0.1) is 5.69 Å². The number of nitroso groups, excluding NO2 is 1. The molecule has 1 N–H and O–H groups in total. The highest BCUT2D eigenvalue weighted by molar-refractivity contribution is 5.92. The van der Waals surface area contributed by atoms with Gasteiger partial charge in [0.15, 0.2) is 17.1 Å². The SMILES string of the molecule is O=Nc1cc2c(cc1/C=C/C(=O)NC[C@H]1CCC[C@@H]1CN1CCC(c3noc4cc(F)ccc34)CC1)OCO2. The highest BCUT2D eigenvalue weighted by Gasteiger charge is 2.31. The summed E-state index contributed by atoms with van der Waals surface area (Å²) in [5.41, 5.74) is 2.16. The molecule has 0 spiro atoms. The Hall–Kier alpha value is -3.79. The number of nitrogens with one attached hydrogen (secondary N) is 1. The molecule has 2 atom stereocenters. The van der Waals surface area contributed by atoms with Crippen molar-refractivity contribution in [1.82, 2.24) is 15.4 Å². The normalized spacial score (nSPS) is 21.7. The molecule has 1 aliphatic carbocycles. The first-order chi connectivity index (χ1) is 19.1. The molecule has 2 aromatic carbocycles. The van der Waals surface area contributed by atoms with Crippen LogP contribution in [-0.2, 0) is 4.79 Å². The number of hydrogen-bond donors (Lipinski definition) is 1. The maximum absolute atomic E-state index is 13.5. The number of ether oxygens (including phenoxy) is 2. The van der Waals surface area contributed by atoms with Crippen LogP contribution in [0.25, 0.3) is 17.0 Å². The molecule has 0 radical (unpaired) electrons. The fourth-order valence-corrected chi connectivity index (χ4v) is 6.18. The average molecular weight is 535 g/mol. The van der Waals surface area contributed by atoms with E-state index < -0.39 is 0 Å². The highest BCUT2D eigenvalue weighted by Crippen LogP contribution is 2.39. The van der Waals surface area contributed by atoms with E-state index in [0.717, 1.165) is 50.0 Å². The number of rotatable bonds is 8. The standard InChI is InChI=1S/C29H31FN4O5/c30-22-5-6-23-25(13-22)39-33-29(23)18-8-10-34(11-9-18)16-21-3-1-2-20(21)15-31-28(35)7-4-19-12-26-27(38-17-37-26)14-24(19)32-36/h4-7,12-14,18,20-21H,1-3,8-11,15-17H2,(H,31,35)/b7-4+/t20-,21-/m1/s1. The maximum atomic E-state index is 13.5. The molecule has 3 aromatic rings. The number of likely N-dealkylation sites (tertiary alicyclic amines) is 1. The number of carbonyl (C=O) groups is 1. The zero-order chi connectivity index (χ0) is 26.8. The summed E-state index contributed by atoms with van der Waals surface area (Å²) >= 11 is 0. The number of fused-ring (bicyclic) bond motifs is 2. The lowest BCUT2D eigenvalue weighted by molar-refractivity contribution is -0.116. The highest BCUT2D eigenvalue weighted by atomic mass is 19.1. The maximum Gasteiger partial charge on any atom is 0.244 e. The molecule has 1 amide bonds. The van der Waals surface area contributed by atoms with Crippen molar-refractivity contribution in [2.45, 2.75) is 38.0 Å². The van der Waals surface area contributed by atoms with E-state index in [1.54, 1.807) is 18.2 Å². The minimum absolute atomic E-state index is 0.100. The largest absolute Gasteiger partial charge is 0.454 e. The number of halogens is 1. The van der Waals surface area contributed by atoms with Crippen LogP contribution in [0, 0.1) is 22.6 Å². The zero-order valence-electron chi connectivity index (χ0n) is 21.6. The lowest BCUT2D eigenvalue weighted by atomic mass is 9.89. The van der Waals surface area contributed by atoms with Crippen LogP contribution in [0.15, 0.2) is 46.1 Å². The Labute approximate surface area is 225 Å². The van der Waals surface area contributed by atoms with Gasteiger partial charge in [0.2, 0.25) is 12.7 Å². The Morgan fingerprint density at radius 2 is 1.90 bits per heavy atom. The van der Waals surface area contributed by atoms with Gasteiger partial charge in [0, 0.05) is 48.2 Å². The van der Waals surface area contributed by atoms with E-state index in [1.165, 1.54) is 37.1 Å². The first-order valence-electron chi connectivity index (χ1n) is 13.6. The van der Waals surface area contributed by atoms with Gasteiger partial charge in [-0.2, -0.15) is 0 Å². The molecule has 6 rings (SSSR count). The summed E-state index contributed by atoms with van der Waals surface area (Å²) < 4.78 is 29.5. The fraction of sp³-hybridized carbons (Fsp3) is 0.448. The van der Waals surface area contributed by atoms with Crippen LogP contribution >= 0.6 is 0 Å². The van der Waals surface area contributed by atoms with Crippen molar-refractivity contribution in [3.63, 3.8) is 0 Å². The third-order valence-electron chi connectivity index (χ3n) is 8.32. The van der Waals surface area contributed by atoms with Crippen molar-refractivity contribution < 1.29 is 23.2 Å². The van der Waals surface area contributed by atoms with E-state index >= 15 is 0 Å². The molecule has 1 aromatic heterocycles. The lowest BCUT2D eigenvalue weighted by Crippen LogP contribution is -2.39. The topological polar surface area (TPSA) is 106 Å². The van der Waals surface area contributed by atoms with Gasteiger partial charge in [-0.25, -0.2) is 4.39 Å². The zero-order valence-corrected chi connectivity index (χ0v) is 21.6. The number of nitrogens with zero attached hydrogens (tertiary/aromatic N) is 3. The first-order valence-corrected chi connectivity index (χ1v) is 13.6. The Morgan fingerprint density at radius 3 is 2.72 bits per heavy atom. The molecule has 1 saturated heterocycles. The minimum Gasteiger partial charge on any atom is -0.454 e.